The van der Waals surface area contributed by atoms with Gasteiger partial charge in [-0.3, -0.25) is 4.79 Å². The first-order valence-corrected chi connectivity index (χ1v) is 11.7. The minimum atomic E-state index is -4.78. The molecule has 2 aromatic heterocycles. The fourth-order valence-electron chi connectivity index (χ4n) is 5.65. The van der Waals surface area contributed by atoms with Crippen molar-refractivity contribution in [2.45, 2.75) is 31.0 Å². The fraction of sp³-hybridized carbons (Fsp3) is 0.400. The molecule has 2 saturated heterocycles. The van der Waals surface area contributed by atoms with Gasteiger partial charge >= 0.3 is 6.36 Å². The van der Waals surface area contributed by atoms with E-state index in [1.54, 1.807) is 10.9 Å². The summed E-state index contributed by atoms with van der Waals surface area (Å²) in [5.41, 5.74) is 3.37. The van der Waals surface area contributed by atoms with Crippen LogP contribution in [0.25, 0.3) is 16.7 Å². The summed E-state index contributed by atoms with van der Waals surface area (Å²) in [5, 5.41) is 9.07. The quantitative estimate of drug-likeness (QED) is 0.419. The van der Waals surface area contributed by atoms with Gasteiger partial charge < -0.3 is 15.0 Å². The van der Waals surface area contributed by atoms with Crippen molar-refractivity contribution in [1.29, 1.82) is 0 Å². The Balaban J connectivity index is 1.37. The summed E-state index contributed by atoms with van der Waals surface area (Å²) >= 11 is 0. The molecule has 1 N–H and O–H groups in total. The molecule has 6 rings (SSSR count). The third-order valence-electron chi connectivity index (χ3n) is 7.53. The van der Waals surface area contributed by atoms with Crippen LogP contribution in [0, 0.1) is 5.41 Å². The van der Waals surface area contributed by atoms with Gasteiger partial charge in [0.1, 0.15) is 5.75 Å². The third kappa shape index (κ3) is 3.82. The number of alkyl halides is 3. The van der Waals surface area contributed by atoms with Crippen LogP contribution in [0.1, 0.15) is 35.9 Å². The van der Waals surface area contributed by atoms with Crippen LogP contribution in [-0.2, 0) is 4.79 Å². The van der Waals surface area contributed by atoms with Crippen molar-refractivity contribution in [3.8, 4) is 11.4 Å². The Morgan fingerprint density at radius 3 is 2.39 bits per heavy atom. The van der Waals surface area contributed by atoms with E-state index >= 15 is 0 Å². The van der Waals surface area contributed by atoms with Crippen molar-refractivity contribution in [2.75, 3.05) is 26.2 Å². The monoisotopic (exact) mass is 501 g/mol. The molecule has 1 aromatic carbocycles. The molecule has 188 valence electrons. The number of amides is 1. The second-order valence-corrected chi connectivity index (χ2v) is 9.96. The van der Waals surface area contributed by atoms with Crippen LogP contribution in [0.2, 0.25) is 0 Å². The summed E-state index contributed by atoms with van der Waals surface area (Å²) < 4.78 is 56.7. The summed E-state index contributed by atoms with van der Waals surface area (Å²) in [5.74, 6) is -1.83. The maximum atomic E-state index is 13.3. The van der Waals surface area contributed by atoms with E-state index in [2.05, 4.69) is 21.6 Å². The van der Waals surface area contributed by atoms with E-state index in [0.717, 1.165) is 42.6 Å². The number of hydrogen-bond acceptors (Lipinski definition) is 5. The van der Waals surface area contributed by atoms with Crippen LogP contribution in [0.4, 0.5) is 17.6 Å². The van der Waals surface area contributed by atoms with Gasteiger partial charge in [0, 0.05) is 43.7 Å². The average molecular weight is 501 g/mol. The molecule has 36 heavy (non-hydrogen) atoms. The van der Waals surface area contributed by atoms with E-state index < -0.39 is 18.1 Å². The van der Waals surface area contributed by atoms with Gasteiger partial charge in [-0.25, -0.2) is 14.1 Å². The minimum Gasteiger partial charge on any atom is -0.406 e. The number of carbonyl (C=O) groups excluding carboxylic acids is 1. The highest BCUT2D eigenvalue weighted by Crippen LogP contribution is 2.54. The van der Waals surface area contributed by atoms with Gasteiger partial charge in [-0.15, -0.1) is 13.2 Å². The van der Waals surface area contributed by atoms with Gasteiger partial charge in [0.05, 0.1) is 11.4 Å². The molecule has 0 unspecified atom stereocenters. The molecule has 11 heteroatoms. The van der Waals surface area contributed by atoms with E-state index in [1.165, 1.54) is 29.2 Å². The fourth-order valence-corrected chi connectivity index (χ4v) is 5.65. The molecule has 2 aliphatic heterocycles. The summed E-state index contributed by atoms with van der Waals surface area (Å²) in [4.78, 5) is 17.9. The average Bonchev–Trinajstić information content (AvgIpc) is 3.10. The topological polar surface area (TPSA) is 72.3 Å². The van der Waals surface area contributed by atoms with E-state index in [9.17, 15) is 22.4 Å². The lowest BCUT2D eigenvalue weighted by molar-refractivity contribution is -0.274. The number of nitrogens with zero attached hydrogens (tertiary/aromatic N) is 4. The normalized spacial score (nSPS) is 19.6. The number of rotatable bonds is 5. The molecule has 0 bridgehead atoms. The molecule has 7 nitrogen and oxygen atoms in total. The predicted molar refractivity (Wildman–Crippen MR) is 122 cm³/mol. The first-order valence-electron chi connectivity index (χ1n) is 11.7. The molecule has 1 aliphatic carbocycles. The van der Waals surface area contributed by atoms with Crippen LogP contribution < -0.4 is 10.1 Å². The lowest BCUT2D eigenvalue weighted by atomic mass is 9.56. The van der Waals surface area contributed by atoms with Crippen molar-refractivity contribution >= 4 is 16.9 Å². The number of aromatic nitrogens is 3. The third-order valence-corrected chi connectivity index (χ3v) is 7.53. The number of carbonyl (C=O) groups is 1. The van der Waals surface area contributed by atoms with Gasteiger partial charge in [-0.1, -0.05) is 6.58 Å². The highest BCUT2D eigenvalue weighted by Gasteiger charge is 2.49. The molecule has 3 fully saturated rings. The molecule has 1 amide bonds. The van der Waals surface area contributed by atoms with Crippen LogP contribution >= 0.6 is 0 Å². The molecule has 1 saturated carbocycles. The van der Waals surface area contributed by atoms with Crippen LogP contribution in [0.15, 0.2) is 48.9 Å². The van der Waals surface area contributed by atoms with Gasteiger partial charge in [-0.05, 0) is 60.1 Å². The standard InChI is InChI=1S/C25H23F4N5O2/c1-14(26)23(35)33-10-16(11-33)21-20-19(15-8-24(9-15)12-30-13-24)6-7-31-22(20)34(32-21)17-2-4-18(5-3-17)36-25(27,28)29/h2-7,15-16,30H,1,8-13H2. The first kappa shape index (κ1) is 23.0. The molecule has 0 atom stereocenters. The molecular formula is C25H23F4N5O2. The summed E-state index contributed by atoms with van der Waals surface area (Å²) in [6.07, 6.45) is -0.930. The van der Waals surface area contributed by atoms with Crippen molar-refractivity contribution < 1.29 is 27.1 Å². The number of fused-ring (bicyclic) bond motifs is 1. The zero-order valence-corrected chi connectivity index (χ0v) is 19.2. The van der Waals surface area contributed by atoms with Crippen molar-refractivity contribution in [2.24, 2.45) is 5.41 Å². The van der Waals surface area contributed by atoms with Crippen LogP contribution in [0.3, 0.4) is 0 Å². The van der Waals surface area contributed by atoms with E-state index in [4.69, 9.17) is 5.10 Å². The Kier molecular flexibility index (Phi) is 5.12. The number of likely N-dealkylation sites (tertiary alicyclic amines) is 1. The van der Waals surface area contributed by atoms with Crippen molar-refractivity contribution in [3.63, 3.8) is 0 Å². The summed E-state index contributed by atoms with van der Waals surface area (Å²) in [7, 11) is 0. The van der Waals surface area contributed by atoms with Crippen LogP contribution in [0.5, 0.6) is 5.75 Å². The number of hydrogen-bond donors (Lipinski definition) is 1. The molecule has 3 aromatic rings. The number of nitrogens with one attached hydrogen (secondary N) is 1. The molecule has 3 aliphatic rings. The highest BCUT2D eigenvalue weighted by molar-refractivity contribution is 5.92. The highest BCUT2D eigenvalue weighted by atomic mass is 19.4. The molecule has 1 spiro atoms. The van der Waals surface area contributed by atoms with E-state index in [1.807, 2.05) is 6.07 Å². The Bertz CT molecular complexity index is 1350. The lowest BCUT2D eigenvalue weighted by Crippen LogP contribution is -2.59. The Morgan fingerprint density at radius 1 is 1.11 bits per heavy atom. The van der Waals surface area contributed by atoms with Gasteiger partial charge in [-0.2, -0.15) is 5.10 Å². The Hall–Kier alpha value is -3.47. The second-order valence-electron chi connectivity index (χ2n) is 9.96. The largest absolute Gasteiger partial charge is 0.573 e. The SMILES string of the molecule is C=C(F)C(=O)N1CC(c2nn(-c3ccc(OC(F)(F)F)cc3)c3nccc(C4CC5(CNC5)C4)c23)C1. The lowest BCUT2D eigenvalue weighted by Gasteiger charge is -2.54. The maximum Gasteiger partial charge on any atom is 0.573 e. The van der Waals surface area contributed by atoms with Gasteiger partial charge in [0.2, 0.25) is 0 Å². The van der Waals surface area contributed by atoms with Crippen molar-refractivity contribution in [3.05, 3.63) is 60.2 Å². The number of pyridine rings is 1. The van der Waals surface area contributed by atoms with Gasteiger partial charge in [0.15, 0.2) is 11.5 Å². The van der Waals surface area contributed by atoms with Crippen LogP contribution in [-0.4, -0.2) is 58.1 Å². The minimum absolute atomic E-state index is 0.118. The smallest absolute Gasteiger partial charge is 0.406 e. The molecule has 0 radical (unpaired) electrons. The van der Waals surface area contributed by atoms with Crippen molar-refractivity contribution in [1.82, 2.24) is 25.0 Å². The zero-order valence-electron chi connectivity index (χ0n) is 19.2. The van der Waals surface area contributed by atoms with E-state index in [-0.39, 0.29) is 11.7 Å². The Morgan fingerprint density at radius 2 is 1.81 bits per heavy atom. The number of benzene rings is 1. The Labute approximate surface area is 203 Å². The molecular weight excluding hydrogens is 478 g/mol. The predicted octanol–water partition coefficient (Wildman–Crippen LogP) is 4.20. The molecule has 4 heterocycles. The second kappa shape index (κ2) is 8.02. The summed E-state index contributed by atoms with van der Waals surface area (Å²) in [6, 6.07) is 7.46. The number of ether oxygens (including phenoxy) is 1. The van der Waals surface area contributed by atoms with E-state index in [0.29, 0.717) is 35.8 Å². The first-order chi connectivity index (χ1) is 17.1. The zero-order chi connectivity index (χ0) is 25.2. The maximum absolute atomic E-state index is 13.3. The van der Waals surface area contributed by atoms with Gasteiger partial charge in [0.25, 0.3) is 5.91 Å². The summed E-state index contributed by atoms with van der Waals surface area (Å²) in [6.45, 7) is 5.73. The number of halogens is 4.